The largest absolute Gasteiger partial charge is 0.481 e. The second-order valence-electron chi connectivity index (χ2n) is 13.4. The Morgan fingerprint density at radius 1 is 0.720 bits per heavy atom. The lowest BCUT2D eigenvalue weighted by Gasteiger charge is -2.29. The van der Waals surface area contributed by atoms with Crippen LogP contribution in [0.25, 0.3) is 0 Å². The number of carbonyl (C=O) groups is 5. The maximum absolute atomic E-state index is 12.2. The van der Waals surface area contributed by atoms with Gasteiger partial charge in [-0.2, -0.15) is 0 Å². The monoisotopic (exact) mass is 702 g/mol. The molecule has 0 radical (unpaired) electrons. The second kappa shape index (κ2) is 20.3. The van der Waals surface area contributed by atoms with Crippen molar-refractivity contribution >= 4 is 30.1 Å². The Morgan fingerprint density at radius 3 is 1.64 bits per heavy atom. The highest BCUT2D eigenvalue weighted by Crippen LogP contribution is 2.34. The van der Waals surface area contributed by atoms with E-state index in [-0.39, 0.29) is 18.5 Å². The number of carbonyl (C=O) groups excluding carboxylic acids is 3. The quantitative estimate of drug-likeness (QED) is 0.161. The average Bonchev–Trinajstić information content (AvgIpc) is 3.07. The minimum absolute atomic E-state index is 0.202. The maximum Gasteiger partial charge on any atom is 0.410 e. The van der Waals surface area contributed by atoms with E-state index >= 15 is 0 Å². The molecular formula is C37H54N2O11. The lowest BCUT2D eigenvalue weighted by Crippen LogP contribution is -2.39. The number of benzene rings is 1. The zero-order chi connectivity index (χ0) is 37.3. The Labute approximate surface area is 295 Å². The summed E-state index contributed by atoms with van der Waals surface area (Å²) in [7, 11) is 6.10. The SMILES string of the molecule is COC(=O)N(C)CCN(C)C(=O)OC1/C=C/CCC(C)(C(=O)O)CC1.COCc1ccc(CC(=O)OC2/C=C/CCC(C)(C(=O)O)CC2)cc1. The van der Waals surface area contributed by atoms with Crippen LogP contribution < -0.4 is 0 Å². The van der Waals surface area contributed by atoms with Gasteiger partial charge in [-0.05, 0) is 88.5 Å². The Hall–Kier alpha value is -4.39. The molecule has 0 heterocycles. The lowest BCUT2D eigenvalue weighted by atomic mass is 9.79. The summed E-state index contributed by atoms with van der Waals surface area (Å²) in [6.07, 6.45) is 10.3. The van der Waals surface area contributed by atoms with Crippen LogP contribution in [0.2, 0.25) is 0 Å². The summed E-state index contributed by atoms with van der Waals surface area (Å²) in [6, 6.07) is 7.65. The summed E-state index contributed by atoms with van der Waals surface area (Å²) in [4.78, 5) is 61.3. The molecule has 50 heavy (non-hydrogen) atoms. The third-order valence-electron chi connectivity index (χ3n) is 9.21. The third-order valence-corrected chi connectivity index (χ3v) is 9.21. The summed E-state index contributed by atoms with van der Waals surface area (Å²) in [5.41, 5.74) is 0.377. The van der Waals surface area contributed by atoms with Crippen LogP contribution in [-0.4, -0.2) is 104 Å². The molecule has 4 atom stereocenters. The van der Waals surface area contributed by atoms with E-state index in [4.69, 9.17) is 14.2 Å². The molecule has 2 aliphatic carbocycles. The van der Waals surface area contributed by atoms with E-state index in [9.17, 15) is 34.2 Å². The summed E-state index contributed by atoms with van der Waals surface area (Å²) >= 11 is 0. The number of amides is 2. The topological polar surface area (TPSA) is 169 Å². The first-order valence-corrected chi connectivity index (χ1v) is 16.9. The molecule has 0 aliphatic heterocycles. The predicted molar refractivity (Wildman–Crippen MR) is 185 cm³/mol. The van der Waals surface area contributed by atoms with E-state index < -0.39 is 41.1 Å². The Morgan fingerprint density at radius 2 is 1.18 bits per heavy atom. The number of likely N-dealkylation sites (N-methyl/N-ethyl adjacent to an activating group) is 2. The Kier molecular flexibility index (Phi) is 17.0. The number of carboxylic acids is 2. The van der Waals surface area contributed by atoms with Crippen LogP contribution in [0.5, 0.6) is 0 Å². The average molecular weight is 703 g/mol. The van der Waals surface area contributed by atoms with Crippen molar-refractivity contribution in [2.75, 3.05) is 41.4 Å². The van der Waals surface area contributed by atoms with Crippen molar-refractivity contribution in [1.29, 1.82) is 0 Å². The zero-order valence-electron chi connectivity index (χ0n) is 30.2. The molecule has 278 valence electrons. The summed E-state index contributed by atoms with van der Waals surface area (Å²) in [6.45, 7) is 4.64. The summed E-state index contributed by atoms with van der Waals surface area (Å²) in [5.74, 6) is -1.91. The number of hydrogen-bond donors (Lipinski definition) is 2. The first kappa shape index (κ1) is 41.8. The number of ether oxygens (including phenoxy) is 4. The highest BCUT2D eigenvalue weighted by atomic mass is 16.6. The van der Waals surface area contributed by atoms with E-state index in [1.54, 1.807) is 35.1 Å². The van der Waals surface area contributed by atoms with Crippen molar-refractivity contribution in [2.45, 2.75) is 90.4 Å². The standard InChI is InChI=1S/C20H26O5.C17H28N2O6/c1-20(19(22)23)11-4-3-5-17(10-12-20)25-18(21)13-15-6-8-16(9-7-15)14-24-2;1-17(14(20)21)9-6-5-7-13(8-10-17)25-16(23)19(3)12-11-18(2)15(22)24-4/h3,5-9,17H,4,10-14H2,1-2H3,(H,22,23);5,7,13H,6,8-12H2,1-4H3,(H,20,21)/b5-3+;7-5+. The molecule has 2 aliphatic rings. The number of carboxylic acid groups (broad SMARTS) is 2. The molecule has 13 nitrogen and oxygen atoms in total. The highest BCUT2D eigenvalue weighted by Gasteiger charge is 2.35. The van der Waals surface area contributed by atoms with Gasteiger partial charge >= 0.3 is 30.1 Å². The fourth-order valence-corrected chi connectivity index (χ4v) is 5.44. The van der Waals surface area contributed by atoms with Gasteiger partial charge in [-0.1, -0.05) is 36.4 Å². The molecule has 13 heteroatoms. The predicted octanol–water partition coefficient (Wildman–Crippen LogP) is 5.85. The van der Waals surface area contributed by atoms with Gasteiger partial charge in [0.1, 0.15) is 12.2 Å². The van der Waals surface area contributed by atoms with Gasteiger partial charge in [0.05, 0.1) is 31.0 Å². The smallest absolute Gasteiger partial charge is 0.410 e. The molecule has 0 saturated carbocycles. The molecule has 0 saturated heterocycles. The number of nitrogens with zero attached hydrogens (tertiary/aromatic N) is 2. The third kappa shape index (κ3) is 13.9. The molecule has 2 amide bonds. The molecule has 3 rings (SSSR count). The van der Waals surface area contributed by atoms with Crippen LogP contribution >= 0.6 is 0 Å². The molecule has 2 N–H and O–H groups in total. The van der Waals surface area contributed by atoms with E-state index in [1.165, 1.54) is 16.9 Å². The summed E-state index contributed by atoms with van der Waals surface area (Å²) in [5, 5.41) is 18.8. The van der Waals surface area contributed by atoms with Crippen LogP contribution in [0.1, 0.15) is 76.3 Å². The van der Waals surface area contributed by atoms with Gasteiger partial charge < -0.3 is 39.0 Å². The molecule has 0 aromatic heterocycles. The number of aliphatic carboxylic acids is 2. The number of methoxy groups -OCH3 is 2. The van der Waals surface area contributed by atoms with Crippen LogP contribution in [-0.2, 0) is 46.4 Å². The van der Waals surface area contributed by atoms with E-state index in [1.807, 2.05) is 48.6 Å². The van der Waals surface area contributed by atoms with Gasteiger partial charge in [0, 0.05) is 34.3 Å². The normalized spacial score (nSPS) is 24.6. The Bertz CT molecular complexity index is 1350. The molecular weight excluding hydrogens is 648 g/mol. The fourth-order valence-electron chi connectivity index (χ4n) is 5.44. The van der Waals surface area contributed by atoms with Gasteiger partial charge in [-0.25, -0.2) is 9.59 Å². The van der Waals surface area contributed by atoms with Crippen molar-refractivity contribution in [2.24, 2.45) is 10.8 Å². The van der Waals surface area contributed by atoms with Crippen molar-refractivity contribution in [3.63, 3.8) is 0 Å². The maximum atomic E-state index is 12.2. The first-order chi connectivity index (χ1) is 23.6. The van der Waals surface area contributed by atoms with Crippen LogP contribution in [0.4, 0.5) is 9.59 Å². The Balaban J connectivity index is 0.000000347. The van der Waals surface area contributed by atoms with Crippen LogP contribution in [0.15, 0.2) is 48.6 Å². The van der Waals surface area contributed by atoms with Gasteiger partial charge in [0.25, 0.3) is 0 Å². The van der Waals surface area contributed by atoms with Crippen molar-refractivity contribution in [1.82, 2.24) is 9.80 Å². The van der Waals surface area contributed by atoms with Crippen molar-refractivity contribution in [3.05, 3.63) is 59.7 Å². The molecule has 4 unspecified atom stereocenters. The molecule has 0 spiro atoms. The highest BCUT2D eigenvalue weighted by molar-refractivity contribution is 5.75. The van der Waals surface area contributed by atoms with Crippen molar-refractivity contribution < 1.29 is 53.1 Å². The number of esters is 1. The first-order valence-electron chi connectivity index (χ1n) is 16.9. The van der Waals surface area contributed by atoms with E-state index in [0.717, 1.165) is 11.1 Å². The molecule has 1 aromatic rings. The van der Waals surface area contributed by atoms with Crippen molar-refractivity contribution in [3.8, 4) is 0 Å². The minimum atomic E-state index is -0.823. The fraction of sp³-hybridized carbons (Fsp3) is 0.595. The second-order valence-corrected chi connectivity index (χ2v) is 13.4. The minimum Gasteiger partial charge on any atom is -0.481 e. The van der Waals surface area contributed by atoms with Gasteiger partial charge in [0.15, 0.2) is 0 Å². The van der Waals surface area contributed by atoms with Gasteiger partial charge in [-0.15, -0.1) is 0 Å². The number of allylic oxidation sites excluding steroid dienone is 2. The van der Waals surface area contributed by atoms with Crippen LogP contribution in [0.3, 0.4) is 0 Å². The van der Waals surface area contributed by atoms with Gasteiger partial charge in [-0.3, -0.25) is 14.4 Å². The number of hydrogen-bond acceptors (Lipinski definition) is 9. The van der Waals surface area contributed by atoms with Crippen LogP contribution in [0, 0.1) is 10.8 Å². The zero-order valence-corrected chi connectivity index (χ0v) is 30.2. The molecule has 1 aromatic carbocycles. The summed E-state index contributed by atoms with van der Waals surface area (Å²) < 4.78 is 20.6. The van der Waals surface area contributed by atoms with E-state index in [0.29, 0.717) is 71.1 Å². The lowest BCUT2D eigenvalue weighted by molar-refractivity contribution is -0.151. The van der Waals surface area contributed by atoms with Gasteiger partial charge in [0.2, 0.25) is 0 Å². The molecule has 0 fully saturated rings. The number of rotatable bonds is 11. The van der Waals surface area contributed by atoms with E-state index in [2.05, 4.69) is 4.74 Å². The molecule has 0 bridgehead atoms.